The summed E-state index contributed by atoms with van der Waals surface area (Å²) in [6.07, 6.45) is 1.99. The van der Waals surface area contributed by atoms with Gasteiger partial charge in [0.2, 0.25) is 0 Å². The molecule has 1 N–H and O–H groups in total. The third-order valence-corrected chi connectivity index (χ3v) is 7.18. The van der Waals surface area contributed by atoms with Crippen molar-refractivity contribution < 1.29 is 19.4 Å². The van der Waals surface area contributed by atoms with Crippen LogP contribution in [0.2, 0.25) is 0 Å². The number of rotatable bonds is 8. The van der Waals surface area contributed by atoms with Gasteiger partial charge >= 0.3 is 12.1 Å². The summed E-state index contributed by atoms with van der Waals surface area (Å²) < 4.78 is 5.79. The summed E-state index contributed by atoms with van der Waals surface area (Å²) in [5.74, 6) is -0.240. The van der Waals surface area contributed by atoms with Crippen molar-refractivity contribution in [3.8, 4) is 0 Å². The van der Waals surface area contributed by atoms with Crippen LogP contribution < -0.4 is 0 Å². The van der Waals surface area contributed by atoms with Gasteiger partial charge in [-0.1, -0.05) is 30.3 Å². The maximum atomic E-state index is 12.6. The first-order valence-electron chi connectivity index (χ1n) is 11.9. The Balaban J connectivity index is 1.22. The van der Waals surface area contributed by atoms with E-state index < -0.39 is 5.97 Å². The number of piperidine rings is 1. The van der Waals surface area contributed by atoms with Crippen LogP contribution in [0, 0.1) is 5.92 Å². The summed E-state index contributed by atoms with van der Waals surface area (Å²) in [5.41, 5.74) is 1.36. The van der Waals surface area contributed by atoms with Gasteiger partial charge in [0.05, 0.1) is 12.5 Å². The van der Waals surface area contributed by atoms with Gasteiger partial charge in [0, 0.05) is 45.8 Å². The number of nitrogens with zero attached hydrogens (tertiary/aromatic N) is 4. The maximum absolute atomic E-state index is 12.6. The highest BCUT2D eigenvalue weighted by molar-refractivity contribution is 5.70. The fraction of sp³-hybridized carbons (Fsp3) is 0.667. The molecule has 8 nitrogen and oxygen atoms in total. The minimum atomic E-state index is -0.757. The lowest BCUT2D eigenvalue weighted by atomic mass is 9.95. The average Bonchev–Trinajstić information content (AvgIpc) is 3.08. The molecule has 3 aliphatic rings. The molecule has 32 heavy (non-hydrogen) atoms. The quantitative estimate of drug-likeness (QED) is 0.658. The van der Waals surface area contributed by atoms with E-state index in [1.54, 1.807) is 0 Å². The van der Waals surface area contributed by atoms with Crippen molar-refractivity contribution >= 4 is 12.1 Å². The zero-order valence-electron chi connectivity index (χ0n) is 19.1. The molecule has 8 heteroatoms. The van der Waals surface area contributed by atoms with E-state index in [9.17, 15) is 9.59 Å². The Kier molecular flexibility index (Phi) is 7.65. The molecule has 3 aliphatic heterocycles. The number of carbonyl (C=O) groups is 2. The first-order chi connectivity index (χ1) is 15.5. The number of cyclic esters (lactones) is 1. The number of carboxylic acid groups (broad SMARTS) is 1. The summed E-state index contributed by atoms with van der Waals surface area (Å²) in [5, 5.41) is 8.87. The molecule has 1 amide bonds. The lowest BCUT2D eigenvalue weighted by Gasteiger charge is -2.38. The Morgan fingerprint density at radius 3 is 2.38 bits per heavy atom. The molecular weight excluding hydrogens is 408 g/mol. The Bertz CT molecular complexity index is 761. The molecular formula is C24H36N4O4. The van der Waals surface area contributed by atoms with Crippen molar-refractivity contribution in [3.63, 3.8) is 0 Å². The summed E-state index contributed by atoms with van der Waals surface area (Å²) in [7, 11) is 0. The predicted octanol–water partition coefficient (Wildman–Crippen LogP) is 2.16. The molecule has 1 aromatic carbocycles. The fourth-order valence-corrected chi connectivity index (χ4v) is 5.15. The number of hydrogen-bond acceptors (Lipinski definition) is 6. The standard InChI is InChI=1S/C24H36N4O4/c1-19-23(27-15-13-25(14-16-27)12-9-22(29)30)32-24(31)28(19)18-21-7-10-26(11-8-21)17-20-5-3-2-4-6-20/h2-6,19,21,23H,7-18H2,1H3,(H,29,30). The van der Waals surface area contributed by atoms with Gasteiger partial charge in [0.15, 0.2) is 6.23 Å². The summed E-state index contributed by atoms with van der Waals surface area (Å²) in [6.45, 7) is 9.81. The molecule has 0 aliphatic carbocycles. The third kappa shape index (κ3) is 5.79. The van der Waals surface area contributed by atoms with Crippen molar-refractivity contribution in [2.45, 2.75) is 45.0 Å². The molecule has 0 bridgehead atoms. The van der Waals surface area contributed by atoms with Crippen LogP contribution in [-0.4, -0.2) is 101 Å². The largest absolute Gasteiger partial charge is 0.481 e. The highest BCUT2D eigenvalue weighted by Gasteiger charge is 2.43. The monoisotopic (exact) mass is 444 g/mol. The number of carbonyl (C=O) groups excluding carboxylic acids is 1. The van der Waals surface area contributed by atoms with Gasteiger partial charge in [-0.05, 0) is 44.3 Å². The fourth-order valence-electron chi connectivity index (χ4n) is 5.15. The van der Waals surface area contributed by atoms with Crippen LogP contribution in [0.3, 0.4) is 0 Å². The van der Waals surface area contributed by atoms with Crippen LogP contribution >= 0.6 is 0 Å². The highest BCUT2D eigenvalue weighted by Crippen LogP contribution is 2.27. The van der Waals surface area contributed by atoms with E-state index in [2.05, 4.69) is 52.0 Å². The van der Waals surface area contributed by atoms with E-state index in [-0.39, 0.29) is 24.8 Å². The number of amides is 1. The van der Waals surface area contributed by atoms with E-state index >= 15 is 0 Å². The second kappa shape index (κ2) is 10.6. The molecule has 3 saturated heterocycles. The van der Waals surface area contributed by atoms with Gasteiger partial charge in [0.25, 0.3) is 0 Å². The summed E-state index contributed by atoms with van der Waals surface area (Å²) in [6, 6.07) is 10.6. The number of ether oxygens (including phenoxy) is 1. The number of carboxylic acids is 1. The normalized spacial score (nSPS) is 26.4. The van der Waals surface area contributed by atoms with Crippen molar-refractivity contribution in [2.75, 3.05) is 52.4 Å². The van der Waals surface area contributed by atoms with Crippen molar-refractivity contribution in [1.82, 2.24) is 19.6 Å². The summed E-state index contributed by atoms with van der Waals surface area (Å²) >= 11 is 0. The highest BCUT2D eigenvalue weighted by atomic mass is 16.6. The van der Waals surface area contributed by atoms with Gasteiger partial charge in [-0.25, -0.2) is 4.79 Å². The topological polar surface area (TPSA) is 76.6 Å². The molecule has 0 radical (unpaired) electrons. The molecule has 1 aromatic rings. The predicted molar refractivity (Wildman–Crippen MR) is 121 cm³/mol. The Labute approximate surface area is 190 Å². The molecule has 2 atom stereocenters. The summed E-state index contributed by atoms with van der Waals surface area (Å²) in [4.78, 5) is 32.3. The van der Waals surface area contributed by atoms with Gasteiger partial charge in [-0.2, -0.15) is 0 Å². The van der Waals surface area contributed by atoms with Crippen molar-refractivity contribution in [2.24, 2.45) is 5.92 Å². The maximum Gasteiger partial charge on any atom is 0.411 e. The van der Waals surface area contributed by atoms with Crippen LogP contribution in [0.25, 0.3) is 0 Å². The van der Waals surface area contributed by atoms with Gasteiger partial charge < -0.3 is 19.6 Å². The van der Waals surface area contributed by atoms with Gasteiger partial charge in [-0.3, -0.25) is 14.6 Å². The molecule has 3 heterocycles. The minimum Gasteiger partial charge on any atom is -0.481 e. The molecule has 3 fully saturated rings. The molecule has 176 valence electrons. The molecule has 2 unspecified atom stereocenters. The SMILES string of the molecule is CC1C(N2CCN(CCC(=O)O)CC2)OC(=O)N1CC1CCN(Cc2ccccc2)CC1. The lowest BCUT2D eigenvalue weighted by Crippen LogP contribution is -2.54. The van der Waals surface area contributed by atoms with E-state index in [0.717, 1.165) is 65.2 Å². The van der Waals surface area contributed by atoms with Crippen molar-refractivity contribution in [1.29, 1.82) is 0 Å². The molecule has 0 aromatic heterocycles. The third-order valence-electron chi connectivity index (χ3n) is 7.18. The number of likely N-dealkylation sites (tertiary alicyclic amines) is 1. The van der Waals surface area contributed by atoms with Crippen LogP contribution in [0.1, 0.15) is 31.7 Å². The second-order valence-corrected chi connectivity index (χ2v) is 9.39. The van der Waals surface area contributed by atoms with Crippen molar-refractivity contribution in [3.05, 3.63) is 35.9 Å². The zero-order valence-corrected chi connectivity index (χ0v) is 19.1. The Morgan fingerprint density at radius 2 is 1.72 bits per heavy atom. The number of piperazine rings is 1. The molecule has 0 spiro atoms. The van der Waals surface area contributed by atoms with Crippen LogP contribution in [-0.2, 0) is 16.1 Å². The number of hydrogen-bond donors (Lipinski definition) is 1. The zero-order chi connectivity index (χ0) is 22.5. The number of benzene rings is 1. The number of aliphatic carboxylic acids is 1. The average molecular weight is 445 g/mol. The Morgan fingerprint density at radius 1 is 1.03 bits per heavy atom. The first-order valence-corrected chi connectivity index (χ1v) is 11.9. The van der Waals surface area contributed by atoms with Crippen LogP contribution in [0.4, 0.5) is 4.79 Å². The van der Waals surface area contributed by atoms with E-state index in [0.29, 0.717) is 12.5 Å². The first kappa shape index (κ1) is 23.0. The minimum absolute atomic E-state index is 0.0374. The molecule has 4 rings (SSSR count). The van der Waals surface area contributed by atoms with E-state index in [1.807, 2.05) is 4.90 Å². The van der Waals surface area contributed by atoms with E-state index in [4.69, 9.17) is 9.84 Å². The smallest absolute Gasteiger partial charge is 0.411 e. The van der Waals surface area contributed by atoms with Crippen LogP contribution in [0.5, 0.6) is 0 Å². The van der Waals surface area contributed by atoms with Gasteiger partial charge in [-0.15, -0.1) is 0 Å². The second-order valence-electron chi connectivity index (χ2n) is 9.39. The van der Waals surface area contributed by atoms with Crippen LogP contribution in [0.15, 0.2) is 30.3 Å². The molecule has 0 saturated carbocycles. The lowest BCUT2D eigenvalue weighted by molar-refractivity contribution is -0.137. The van der Waals surface area contributed by atoms with Gasteiger partial charge in [0.1, 0.15) is 0 Å². The van der Waals surface area contributed by atoms with E-state index in [1.165, 1.54) is 5.56 Å². The Hall–Kier alpha value is -2.16.